The Morgan fingerprint density at radius 1 is 1.22 bits per heavy atom. The van der Waals surface area contributed by atoms with E-state index < -0.39 is 0 Å². The number of fused-ring (bicyclic) bond motifs is 1. The molecular formula is C16H19N4O2S+. The fourth-order valence-corrected chi connectivity index (χ4v) is 4.42. The summed E-state index contributed by atoms with van der Waals surface area (Å²) in [5, 5.41) is 1.05. The van der Waals surface area contributed by atoms with Gasteiger partial charge in [0.05, 0.1) is 42.8 Å². The SMILES string of the molecule is CN1C(=O)C[C@H]([NH+]2CCN(c3nc4ccccc4s3)CC2)C1=O. The third-order valence-corrected chi connectivity index (χ3v) is 5.93. The predicted octanol–water partition coefficient (Wildman–Crippen LogP) is -0.241. The number of carbonyl (C=O) groups is 2. The van der Waals surface area contributed by atoms with Crippen LogP contribution in [0.5, 0.6) is 0 Å². The highest BCUT2D eigenvalue weighted by Gasteiger charge is 2.44. The van der Waals surface area contributed by atoms with Gasteiger partial charge < -0.3 is 9.80 Å². The van der Waals surface area contributed by atoms with Crippen LogP contribution >= 0.6 is 11.3 Å². The van der Waals surface area contributed by atoms with Crippen molar-refractivity contribution in [1.82, 2.24) is 9.88 Å². The van der Waals surface area contributed by atoms with Gasteiger partial charge in [-0.2, -0.15) is 0 Å². The van der Waals surface area contributed by atoms with Crippen LogP contribution < -0.4 is 9.80 Å². The van der Waals surface area contributed by atoms with Gasteiger partial charge >= 0.3 is 0 Å². The minimum atomic E-state index is -0.190. The number of nitrogens with one attached hydrogen (secondary N) is 1. The Balaban J connectivity index is 1.45. The number of hydrogen-bond donors (Lipinski definition) is 1. The summed E-state index contributed by atoms with van der Waals surface area (Å²) in [7, 11) is 1.58. The number of anilines is 1. The lowest BCUT2D eigenvalue weighted by molar-refractivity contribution is -0.915. The van der Waals surface area contributed by atoms with Gasteiger partial charge in [-0.25, -0.2) is 4.98 Å². The molecule has 4 rings (SSSR count). The summed E-state index contributed by atoms with van der Waals surface area (Å²) >= 11 is 1.71. The maximum atomic E-state index is 12.1. The van der Waals surface area contributed by atoms with E-state index in [9.17, 15) is 9.59 Å². The number of imide groups is 1. The minimum Gasteiger partial charge on any atom is -0.337 e. The molecule has 23 heavy (non-hydrogen) atoms. The number of nitrogens with zero attached hydrogens (tertiary/aromatic N) is 3. The number of thiazole rings is 1. The highest BCUT2D eigenvalue weighted by Crippen LogP contribution is 2.28. The van der Waals surface area contributed by atoms with Crippen molar-refractivity contribution in [3.8, 4) is 0 Å². The molecule has 1 N–H and O–H groups in total. The van der Waals surface area contributed by atoms with Crippen LogP contribution in [0.4, 0.5) is 5.13 Å². The zero-order valence-corrected chi connectivity index (χ0v) is 13.8. The molecule has 7 heteroatoms. The summed E-state index contributed by atoms with van der Waals surface area (Å²) in [4.78, 5) is 33.3. The number of carbonyl (C=O) groups excluding carboxylic acids is 2. The van der Waals surface area contributed by atoms with E-state index in [1.165, 1.54) is 14.5 Å². The molecule has 6 nitrogen and oxygen atoms in total. The molecule has 120 valence electrons. The molecule has 3 heterocycles. The smallest absolute Gasteiger partial charge is 0.287 e. The number of amides is 2. The van der Waals surface area contributed by atoms with E-state index in [1.54, 1.807) is 18.4 Å². The largest absolute Gasteiger partial charge is 0.337 e. The number of likely N-dealkylation sites (N-methyl/N-ethyl adjacent to an activating group) is 1. The van der Waals surface area contributed by atoms with Gasteiger partial charge in [0.15, 0.2) is 11.2 Å². The minimum absolute atomic E-state index is 0.0292. The van der Waals surface area contributed by atoms with Gasteiger partial charge in [-0.15, -0.1) is 0 Å². The quantitative estimate of drug-likeness (QED) is 0.772. The lowest BCUT2D eigenvalue weighted by Gasteiger charge is -2.34. The van der Waals surface area contributed by atoms with Crippen molar-refractivity contribution < 1.29 is 14.5 Å². The highest BCUT2D eigenvalue weighted by atomic mass is 32.1. The van der Waals surface area contributed by atoms with E-state index in [0.717, 1.165) is 36.8 Å². The third kappa shape index (κ3) is 2.49. The second-order valence-electron chi connectivity index (χ2n) is 6.16. The monoisotopic (exact) mass is 331 g/mol. The van der Waals surface area contributed by atoms with Gasteiger partial charge in [0.25, 0.3) is 5.91 Å². The number of aromatic nitrogens is 1. The Hall–Kier alpha value is -1.99. The van der Waals surface area contributed by atoms with Crippen LogP contribution in [0.15, 0.2) is 24.3 Å². The van der Waals surface area contributed by atoms with Crippen LogP contribution in [-0.4, -0.2) is 61.0 Å². The first-order valence-electron chi connectivity index (χ1n) is 7.89. The Morgan fingerprint density at radius 2 is 1.96 bits per heavy atom. The molecule has 0 aliphatic carbocycles. The first-order valence-corrected chi connectivity index (χ1v) is 8.70. The van der Waals surface area contributed by atoms with Crippen molar-refractivity contribution >= 4 is 38.5 Å². The number of likely N-dealkylation sites (tertiary alicyclic amines) is 1. The van der Waals surface area contributed by atoms with E-state index in [4.69, 9.17) is 4.98 Å². The molecule has 1 atom stereocenters. The van der Waals surface area contributed by atoms with Crippen LogP contribution in [0.25, 0.3) is 10.2 Å². The molecule has 1 aromatic carbocycles. The summed E-state index contributed by atoms with van der Waals surface area (Å²) in [6.07, 6.45) is 0.353. The van der Waals surface area contributed by atoms with Crippen molar-refractivity contribution in [3.63, 3.8) is 0 Å². The molecule has 2 aromatic rings. The third-order valence-electron chi connectivity index (χ3n) is 4.83. The van der Waals surface area contributed by atoms with Crippen LogP contribution in [0.3, 0.4) is 0 Å². The molecule has 0 unspecified atom stereocenters. The standard InChI is InChI=1S/C16H18N4O2S/c1-18-14(21)10-12(15(18)22)19-6-8-20(9-7-19)16-17-11-4-2-3-5-13(11)23-16/h2-5,12H,6-10H2,1H3/p+1/t12-/m0/s1. The summed E-state index contributed by atoms with van der Waals surface area (Å²) in [6.45, 7) is 3.48. The number of quaternary nitrogens is 1. The molecule has 2 amide bonds. The summed E-state index contributed by atoms with van der Waals surface area (Å²) < 4.78 is 1.20. The average molecular weight is 331 g/mol. The number of piperazine rings is 1. The van der Waals surface area contributed by atoms with Gasteiger partial charge in [0.2, 0.25) is 5.91 Å². The zero-order chi connectivity index (χ0) is 16.0. The molecule has 2 aliphatic rings. The fourth-order valence-electron chi connectivity index (χ4n) is 3.40. The number of para-hydroxylation sites is 1. The van der Waals surface area contributed by atoms with Crippen LogP contribution in [0.2, 0.25) is 0 Å². The molecule has 2 aliphatic heterocycles. The second-order valence-corrected chi connectivity index (χ2v) is 7.17. The molecular weight excluding hydrogens is 312 g/mol. The average Bonchev–Trinajstić information content (AvgIpc) is 3.12. The Labute approximate surface area is 138 Å². The van der Waals surface area contributed by atoms with Crippen molar-refractivity contribution in [2.75, 3.05) is 38.1 Å². The molecule has 0 radical (unpaired) electrons. The molecule has 2 fully saturated rings. The normalized spacial score (nSPS) is 23.3. The maximum absolute atomic E-state index is 12.1. The highest BCUT2D eigenvalue weighted by molar-refractivity contribution is 7.22. The number of benzene rings is 1. The number of hydrogen-bond acceptors (Lipinski definition) is 5. The molecule has 2 saturated heterocycles. The van der Waals surface area contributed by atoms with Crippen molar-refractivity contribution in [3.05, 3.63) is 24.3 Å². The van der Waals surface area contributed by atoms with Crippen molar-refractivity contribution in [2.45, 2.75) is 12.5 Å². The number of rotatable bonds is 2. The first-order chi connectivity index (χ1) is 11.1. The second kappa shape index (κ2) is 5.58. The van der Waals surface area contributed by atoms with E-state index >= 15 is 0 Å². The Bertz CT molecular complexity index is 733. The van der Waals surface area contributed by atoms with Gasteiger partial charge in [-0.3, -0.25) is 14.5 Å². The molecule has 0 bridgehead atoms. The predicted molar refractivity (Wildman–Crippen MR) is 88.7 cm³/mol. The summed E-state index contributed by atoms with van der Waals surface area (Å²) in [5.41, 5.74) is 1.04. The van der Waals surface area contributed by atoms with Crippen molar-refractivity contribution in [1.29, 1.82) is 0 Å². The van der Waals surface area contributed by atoms with Gasteiger partial charge in [-0.05, 0) is 12.1 Å². The lowest BCUT2D eigenvalue weighted by Crippen LogP contribution is -3.19. The van der Waals surface area contributed by atoms with E-state index in [2.05, 4.69) is 11.0 Å². The topological polar surface area (TPSA) is 58.0 Å². The van der Waals surface area contributed by atoms with E-state index in [1.807, 2.05) is 18.2 Å². The summed E-state index contributed by atoms with van der Waals surface area (Å²) in [5.74, 6) is -0.0838. The van der Waals surface area contributed by atoms with E-state index in [0.29, 0.717) is 6.42 Å². The van der Waals surface area contributed by atoms with E-state index in [-0.39, 0.29) is 17.9 Å². The van der Waals surface area contributed by atoms with Crippen LogP contribution in [0.1, 0.15) is 6.42 Å². The fraction of sp³-hybridized carbons (Fsp3) is 0.438. The first kappa shape index (κ1) is 14.6. The van der Waals surface area contributed by atoms with Gasteiger partial charge in [-0.1, -0.05) is 23.5 Å². The molecule has 1 aromatic heterocycles. The molecule has 0 spiro atoms. The van der Waals surface area contributed by atoms with Gasteiger partial charge in [0, 0.05) is 7.05 Å². The Kier molecular flexibility index (Phi) is 3.54. The lowest BCUT2D eigenvalue weighted by atomic mass is 10.2. The molecule has 0 saturated carbocycles. The zero-order valence-electron chi connectivity index (χ0n) is 13.0. The maximum Gasteiger partial charge on any atom is 0.287 e. The van der Waals surface area contributed by atoms with Crippen LogP contribution in [0, 0.1) is 0 Å². The Morgan fingerprint density at radius 3 is 2.61 bits per heavy atom. The van der Waals surface area contributed by atoms with Crippen LogP contribution in [-0.2, 0) is 9.59 Å². The van der Waals surface area contributed by atoms with Gasteiger partial charge in [0.1, 0.15) is 0 Å². The van der Waals surface area contributed by atoms with Crippen molar-refractivity contribution in [2.24, 2.45) is 0 Å². The summed E-state index contributed by atoms with van der Waals surface area (Å²) in [6, 6.07) is 7.98.